The first-order chi connectivity index (χ1) is 8.91. The fraction of sp³-hybridized carbons (Fsp3) is 0.200. The lowest BCUT2D eigenvalue weighted by molar-refractivity contribution is -0.140. The van der Waals surface area contributed by atoms with Crippen molar-refractivity contribution in [3.05, 3.63) is 54.1 Å². The van der Waals surface area contributed by atoms with Crippen LogP contribution in [0.5, 0.6) is 5.75 Å². The van der Waals surface area contributed by atoms with Crippen LogP contribution in [0.15, 0.2) is 48.6 Å². The Bertz CT molecular complexity index is 529. The van der Waals surface area contributed by atoms with Gasteiger partial charge in [-0.3, -0.25) is 0 Å². The van der Waals surface area contributed by atoms with Crippen LogP contribution in [0.25, 0.3) is 0 Å². The minimum atomic E-state index is -0.515. The Kier molecular flexibility index (Phi) is 5.06. The third kappa shape index (κ3) is 4.43. The molecule has 4 heteroatoms. The van der Waals surface area contributed by atoms with Crippen molar-refractivity contribution in [2.75, 3.05) is 0 Å². The predicted molar refractivity (Wildman–Crippen MR) is 71.5 cm³/mol. The van der Waals surface area contributed by atoms with Crippen LogP contribution in [0.3, 0.4) is 0 Å². The van der Waals surface area contributed by atoms with E-state index in [4.69, 9.17) is 9.47 Å². The van der Waals surface area contributed by atoms with Gasteiger partial charge in [0.1, 0.15) is 12.4 Å². The first kappa shape index (κ1) is 14.7. The molecule has 0 aliphatic heterocycles. The van der Waals surface area contributed by atoms with E-state index >= 15 is 0 Å². The Labute approximate surface area is 112 Å². The molecule has 0 fully saturated rings. The van der Waals surface area contributed by atoms with Crippen molar-refractivity contribution in [3.8, 4) is 5.75 Å². The highest BCUT2D eigenvalue weighted by Gasteiger charge is 2.11. The van der Waals surface area contributed by atoms with Crippen molar-refractivity contribution in [1.82, 2.24) is 0 Å². The van der Waals surface area contributed by atoms with Crippen molar-refractivity contribution in [1.29, 1.82) is 0 Å². The number of hydrogen-bond acceptors (Lipinski definition) is 4. The van der Waals surface area contributed by atoms with Crippen LogP contribution in [0.1, 0.15) is 19.4 Å². The van der Waals surface area contributed by atoms with Crippen LogP contribution in [0.2, 0.25) is 0 Å². The van der Waals surface area contributed by atoms with Gasteiger partial charge in [0.05, 0.1) is 0 Å². The van der Waals surface area contributed by atoms with Gasteiger partial charge in [-0.05, 0) is 19.9 Å². The van der Waals surface area contributed by atoms with Crippen molar-refractivity contribution in [2.45, 2.75) is 20.5 Å². The first-order valence-electron chi connectivity index (χ1n) is 5.70. The van der Waals surface area contributed by atoms with Crippen LogP contribution in [-0.2, 0) is 20.9 Å². The number of hydrogen-bond donors (Lipinski definition) is 0. The molecule has 0 aliphatic carbocycles. The summed E-state index contributed by atoms with van der Waals surface area (Å²) >= 11 is 0. The summed E-state index contributed by atoms with van der Waals surface area (Å²) in [7, 11) is 0. The van der Waals surface area contributed by atoms with E-state index < -0.39 is 11.9 Å². The molecule has 0 aliphatic rings. The molecule has 0 spiro atoms. The molecule has 1 aromatic rings. The zero-order valence-electron chi connectivity index (χ0n) is 11.1. The molecule has 0 radical (unpaired) electrons. The molecule has 4 nitrogen and oxygen atoms in total. The molecule has 0 amide bonds. The summed E-state index contributed by atoms with van der Waals surface area (Å²) in [6.07, 6.45) is 0. The van der Waals surface area contributed by atoms with Gasteiger partial charge in [-0.25, -0.2) is 9.59 Å². The van der Waals surface area contributed by atoms with Crippen molar-refractivity contribution in [2.24, 2.45) is 0 Å². The third-order valence-corrected chi connectivity index (χ3v) is 2.23. The van der Waals surface area contributed by atoms with E-state index in [-0.39, 0.29) is 6.61 Å². The molecule has 0 aromatic heterocycles. The van der Waals surface area contributed by atoms with Crippen molar-refractivity contribution >= 4 is 11.9 Å². The lowest BCUT2D eigenvalue weighted by Gasteiger charge is -2.10. The lowest BCUT2D eigenvalue weighted by atomic mass is 10.2. The van der Waals surface area contributed by atoms with Gasteiger partial charge in [-0.1, -0.05) is 31.4 Å². The maximum absolute atomic E-state index is 11.5. The quantitative estimate of drug-likeness (QED) is 0.464. The van der Waals surface area contributed by atoms with Crippen LogP contribution in [0.4, 0.5) is 0 Å². The molecular weight excluding hydrogens is 244 g/mol. The van der Waals surface area contributed by atoms with Gasteiger partial charge in [-0.15, -0.1) is 0 Å². The van der Waals surface area contributed by atoms with Crippen LogP contribution < -0.4 is 4.74 Å². The van der Waals surface area contributed by atoms with Gasteiger partial charge in [-0.2, -0.15) is 0 Å². The number of ether oxygens (including phenoxy) is 2. The van der Waals surface area contributed by atoms with Gasteiger partial charge < -0.3 is 9.47 Å². The van der Waals surface area contributed by atoms with E-state index in [1.54, 1.807) is 38.1 Å². The number of benzene rings is 1. The SMILES string of the molecule is C=C(C)C(=O)OCc1ccccc1OC(=O)C(=C)C. The van der Waals surface area contributed by atoms with E-state index in [0.717, 1.165) is 0 Å². The molecule has 19 heavy (non-hydrogen) atoms. The second kappa shape index (κ2) is 6.54. The number of rotatable bonds is 5. The standard InChI is InChI=1S/C15H16O4/c1-10(2)14(16)18-9-12-7-5-6-8-13(12)19-15(17)11(3)4/h5-8H,1,3,9H2,2,4H3. The Hall–Kier alpha value is -2.36. The van der Waals surface area contributed by atoms with Crippen LogP contribution in [-0.4, -0.2) is 11.9 Å². The molecule has 0 atom stereocenters. The van der Waals surface area contributed by atoms with E-state index in [9.17, 15) is 9.59 Å². The Morgan fingerprint density at radius 1 is 1.05 bits per heavy atom. The summed E-state index contributed by atoms with van der Waals surface area (Å²) < 4.78 is 10.2. The maximum Gasteiger partial charge on any atom is 0.338 e. The highest BCUT2D eigenvalue weighted by Crippen LogP contribution is 2.20. The highest BCUT2D eigenvalue weighted by molar-refractivity contribution is 5.89. The van der Waals surface area contributed by atoms with Gasteiger partial charge >= 0.3 is 11.9 Å². The van der Waals surface area contributed by atoms with Gasteiger partial charge in [0.2, 0.25) is 0 Å². The Morgan fingerprint density at radius 2 is 1.63 bits per heavy atom. The average molecular weight is 260 g/mol. The van der Waals surface area contributed by atoms with Crippen molar-refractivity contribution in [3.63, 3.8) is 0 Å². The molecule has 1 aromatic carbocycles. The van der Waals surface area contributed by atoms with E-state index in [1.807, 2.05) is 0 Å². The second-order valence-electron chi connectivity index (χ2n) is 4.13. The Balaban J connectivity index is 2.78. The number of esters is 2. The normalized spacial score (nSPS) is 9.58. The summed E-state index contributed by atoms with van der Waals surface area (Å²) in [4.78, 5) is 22.8. The first-order valence-corrected chi connectivity index (χ1v) is 5.70. The van der Waals surface area contributed by atoms with Crippen LogP contribution >= 0.6 is 0 Å². The minimum absolute atomic E-state index is 0.0192. The van der Waals surface area contributed by atoms with E-state index in [1.165, 1.54) is 0 Å². The fourth-order valence-corrected chi connectivity index (χ4v) is 1.18. The van der Waals surface area contributed by atoms with E-state index in [2.05, 4.69) is 13.2 Å². The van der Waals surface area contributed by atoms with Gasteiger partial charge in [0.15, 0.2) is 0 Å². The molecule has 100 valence electrons. The number of carbonyl (C=O) groups is 2. The lowest BCUT2D eigenvalue weighted by Crippen LogP contribution is -2.11. The molecule has 0 heterocycles. The summed E-state index contributed by atoms with van der Waals surface area (Å²) in [5.74, 6) is -0.648. The smallest absolute Gasteiger partial charge is 0.338 e. The third-order valence-electron chi connectivity index (χ3n) is 2.23. The molecule has 0 unspecified atom stereocenters. The average Bonchev–Trinajstić information content (AvgIpc) is 2.36. The van der Waals surface area contributed by atoms with E-state index in [0.29, 0.717) is 22.5 Å². The summed E-state index contributed by atoms with van der Waals surface area (Å²) in [6.45, 7) is 10.1. The monoisotopic (exact) mass is 260 g/mol. The summed E-state index contributed by atoms with van der Waals surface area (Å²) in [5, 5.41) is 0. The van der Waals surface area contributed by atoms with Gasteiger partial charge in [0.25, 0.3) is 0 Å². The highest BCUT2D eigenvalue weighted by atomic mass is 16.5. The maximum atomic E-state index is 11.5. The molecule has 0 saturated carbocycles. The van der Waals surface area contributed by atoms with Crippen LogP contribution in [0, 0.1) is 0 Å². The number of para-hydroxylation sites is 1. The minimum Gasteiger partial charge on any atom is -0.457 e. The zero-order chi connectivity index (χ0) is 14.4. The predicted octanol–water partition coefficient (Wildman–Crippen LogP) is 2.79. The zero-order valence-corrected chi connectivity index (χ0v) is 11.1. The molecule has 0 saturated heterocycles. The van der Waals surface area contributed by atoms with Crippen molar-refractivity contribution < 1.29 is 19.1 Å². The summed E-state index contributed by atoms with van der Waals surface area (Å²) in [5.41, 5.74) is 1.22. The molecule has 0 bridgehead atoms. The molecule has 1 rings (SSSR count). The largest absolute Gasteiger partial charge is 0.457 e. The molecular formula is C15H16O4. The summed E-state index contributed by atoms with van der Waals surface area (Å²) in [6, 6.07) is 6.84. The Morgan fingerprint density at radius 3 is 2.21 bits per heavy atom. The molecule has 0 N–H and O–H groups in total. The topological polar surface area (TPSA) is 52.6 Å². The van der Waals surface area contributed by atoms with Gasteiger partial charge in [0, 0.05) is 16.7 Å². The fourth-order valence-electron chi connectivity index (χ4n) is 1.18. The second-order valence-corrected chi connectivity index (χ2v) is 4.13. The number of carbonyl (C=O) groups excluding carboxylic acids is 2.